The van der Waals surface area contributed by atoms with E-state index in [1.54, 1.807) is 12.1 Å². The molecule has 1 aromatic carbocycles. The molecule has 1 aliphatic carbocycles. The second kappa shape index (κ2) is 6.75. The van der Waals surface area contributed by atoms with Crippen molar-refractivity contribution >= 4 is 0 Å². The molecule has 0 radical (unpaired) electrons. The molecule has 1 aliphatic rings. The van der Waals surface area contributed by atoms with Gasteiger partial charge in [-0.1, -0.05) is 18.6 Å². The number of hydrazine groups is 1. The van der Waals surface area contributed by atoms with Crippen LogP contribution in [0.4, 0.5) is 17.6 Å². The van der Waals surface area contributed by atoms with E-state index in [4.69, 9.17) is 5.84 Å². The molecule has 21 heavy (non-hydrogen) atoms. The van der Waals surface area contributed by atoms with Crippen LogP contribution in [-0.2, 0) is 6.42 Å². The van der Waals surface area contributed by atoms with Gasteiger partial charge in [-0.3, -0.25) is 11.3 Å². The zero-order valence-electron chi connectivity index (χ0n) is 11.7. The maximum atomic E-state index is 12.9. The molecule has 1 aromatic rings. The second-order valence-corrected chi connectivity index (χ2v) is 5.77. The third-order valence-electron chi connectivity index (χ3n) is 4.33. The number of hydrogen-bond donors (Lipinski definition) is 2. The Morgan fingerprint density at radius 3 is 2.43 bits per heavy atom. The maximum absolute atomic E-state index is 12.9. The number of rotatable bonds is 4. The highest BCUT2D eigenvalue weighted by atomic mass is 19.4. The van der Waals surface area contributed by atoms with Crippen LogP contribution >= 0.6 is 0 Å². The standard InChI is InChI=1S/C15H20F4N2/c16-13-6-4-10(5-7-13)8-14(21-20)11-2-1-3-12(9-11)15(17,18)19/h4-7,11-12,14,21H,1-3,8-9,20H2. The topological polar surface area (TPSA) is 38.0 Å². The lowest BCUT2D eigenvalue weighted by molar-refractivity contribution is -0.186. The molecule has 2 rings (SSSR count). The van der Waals surface area contributed by atoms with Crippen LogP contribution in [0.2, 0.25) is 0 Å². The third kappa shape index (κ3) is 4.41. The Morgan fingerprint density at radius 2 is 1.86 bits per heavy atom. The molecule has 3 unspecified atom stereocenters. The Balaban J connectivity index is 2.01. The quantitative estimate of drug-likeness (QED) is 0.507. The molecule has 0 saturated heterocycles. The Hall–Kier alpha value is -1.14. The average Bonchev–Trinajstić information content (AvgIpc) is 2.46. The average molecular weight is 304 g/mol. The van der Waals surface area contributed by atoms with Crippen LogP contribution < -0.4 is 11.3 Å². The molecule has 3 atom stereocenters. The lowest BCUT2D eigenvalue weighted by atomic mass is 9.76. The van der Waals surface area contributed by atoms with Crippen molar-refractivity contribution in [1.82, 2.24) is 5.43 Å². The van der Waals surface area contributed by atoms with E-state index in [1.807, 2.05) is 0 Å². The van der Waals surface area contributed by atoms with Crippen LogP contribution in [0.3, 0.4) is 0 Å². The van der Waals surface area contributed by atoms with Gasteiger partial charge in [-0.05, 0) is 49.3 Å². The van der Waals surface area contributed by atoms with Crippen molar-refractivity contribution < 1.29 is 17.6 Å². The first-order valence-corrected chi connectivity index (χ1v) is 7.17. The zero-order valence-corrected chi connectivity index (χ0v) is 11.7. The minimum atomic E-state index is -4.13. The van der Waals surface area contributed by atoms with Crippen molar-refractivity contribution in [2.24, 2.45) is 17.7 Å². The van der Waals surface area contributed by atoms with Crippen LogP contribution in [0.15, 0.2) is 24.3 Å². The van der Waals surface area contributed by atoms with Crippen molar-refractivity contribution in [3.8, 4) is 0 Å². The predicted octanol–water partition coefficient (Wildman–Crippen LogP) is 3.57. The smallest absolute Gasteiger partial charge is 0.271 e. The fraction of sp³-hybridized carbons (Fsp3) is 0.600. The van der Waals surface area contributed by atoms with Gasteiger partial charge in [-0.15, -0.1) is 0 Å². The summed E-state index contributed by atoms with van der Waals surface area (Å²) in [5.41, 5.74) is 3.51. The van der Waals surface area contributed by atoms with Gasteiger partial charge in [-0.2, -0.15) is 13.2 Å². The Labute approximate surface area is 121 Å². The molecule has 0 bridgehead atoms. The normalized spacial score (nSPS) is 24.8. The number of nitrogens with one attached hydrogen (secondary N) is 1. The minimum Gasteiger partial charge on any atom is -0.271 e. The van der Waals surface area contributed by atoms with E-state index in [0.29, 0.717) is 12.8 Å². The summed E-state index contributed by atoms with van der Waals surface area (Å²) in [5, 5.41) is 0. The van der Waals surface area contributed by atoms with Crippen LogP contribution in [-0.4, -0.2) is 12.2 Å². The second-order valence-electron chi connectivity index (χ2n) is 5.77. The molecule has 1 fully saturated rings. The molecule has 0 aliphatic heterocycles. The molecule has 0 aromatic heterocycles. The molecular weight excluding hydrogens is 284 g/mol. The summed E-state index contributed by atoms with van der Waals surface area (Å²) in [7, 11) is 0. The van der Waals surface area contributed by atoms with Crippen molar-refractivity contribution in [3.05, 3.63) is 35.6 Å². The van der Waals surface area contributed by atoms with E-state index < -0.39 is 12.1 Å². The molecule has 2 nitrogen and oxygen atoms in total. The van der Waals surface area contributed by atoms with Gasteiger partial charge in [0.05, 0.1) is 5.92 Å². The van der Waals surface area contributed by atoms with E-state index in [1.165, 1.54) is 12.1 Å². The zero-order chi connectivity index (χ0) is 15.5. The molecule has 1 saturated carbocycles. The first-order chi connectivity index (χ1) is 9.90. The van der Waals surface area contributed by atoms with Crippen LogP contribution in [0.1, 0.15) is 31.2 Å². The largest absolute Gasteiger partial charge is 0.391 e. The van der Waals surface area contributed by atoms with Gasteiger partial charge in [0.15, 0.2) is 0 Å². The fourth-order valence-electron chi connectivity index (χ4n) is 3.13. The van der Waals surface area contributed by atoms with E-state index in [2.05, 4.69) is 5.43 Å². The summed E-state index contributed by atoms with van der Waals surface area (Å²) in [6, 6.07) is 5.76. The predicted molar refractivity (Wildman–Crippen MR) is 72.7 cm³/mol. The van der Waals surface area contributed by atoms with Gasteiger partial charge in [0.25, 0.3) is 0 Å². The van der Waals surface area contributed by atoms with Gasteiger partial charge < -0.3 is 0 Å². The minimum absolute atomic E-state index is 0.111. The van der Waals surface area contributed by atoms with Crippen LogP contribution in [0.25, 0.3) is 0 Å². The lowest BCUT2D eigenvalue weighted by Crippen LogP contribution is -2.45. The van der Waals surface area contributed by atoms with Gasteiger partial charge >= 0.3 is 6.18 Å². The van der Waals surface area contributed by atoms with E-state index in [0.717, 1.165) is 12.0 Å². The molecule has 6 heteroatoms. The Bertz CT molecular complexity index is 444. The molecule has 0 spiro atoms. The van der Waals surface area contributed by atoms with Crippen molar-refractivity contribution in [3.63, 3.8) is 0 Å². The van der Waals surface area contributed by atoms with Gasteiger partial charge in [0.1, 0.15) is 5.82 Å². The molecule has 3 N–H and O–H groups in total. The fourth-order valence-corrected chi connectivity index (χ4v) is 3.13. The molecule has 118 valence electrons. The van der Waals surface area contributed by atoms with Crippen molar-refractivity contribution in [2.45, 2.75) is 44.3 Å². The van der Waals surface area contributed by atoms with Crippen molar-refractivity contribution in [2.75, 3.05) is 0 Å². The Kier molecular flexibility index (Phi) is 5.22. The Morgan fingerprint density at radius 1 is 1.19 bits per heavy atom. The lowest BCUT2D eigenvalue weighted by Gasteiger charge is -2.35. The summed E-state index contributed by atoms with van der Waals surface area (Å²) in [4.78, 5) is 0. The first-order valence-electron chi connectivity index (χ1n) is 7.17. The highest BCUT2D eigenvalue weighted by molar-refractivity contribution is 5.17. The van der Waals surface area contributed by atoms with Crippen LogP contribution in [0, 0.1) is 17.7 Å². The monoisotopic (exact) mass is 304 g/mol. The molecule has 0 amide bonds. The first kappa shape index (κ1) is 16.2. The van der Waals surface area contributed by atoms with E-state index >= 15 is 0 Å². The number of halogens is 4. The van der Waals surface area contributed by atoms with Gasteiger partial charge in [0.2, 0.25) is 0 Å². The van der Waals surface area contributed by atoms with Crippen molar-refractivity contribution in [1.29, 1.82) is 0 Å². The molecule has 0 heterocycles. The van der Waals surface area contributed by atoms with E-state index in [9.17, 15) is 17.6 Å². The summed E-state index contributed by atoms with van der Waals surface area (Å²) in [5.74, 6) is 3.86. The van der Waals surface area contributed by atoms with Gasteiger partial charge in [-0.25, -0.2) is 4.39 Å². The number of benzene rings is 1. The summed E-state index contributed by atoms with van der Waals surface area (Å²) in [6.07, 6.45) is -2.01. The summed E-state index contributed by atoms with van der Waals surface area (Å²) >= 11 is 0. The number of hydrogen-bond acceptors (Lipinski definition) is 2. The summed E-state index contributed by atoms with van der Waals surface area (Å²) < 4.78 is 51.5. The van der Waals surface area contributed by atoms with Crippen LogP contribution in [0.5, 0.6) is 0 Å². The highest BCUT2D eigenvalue weighted by Gasteiger charge is 2.43. The van der Waals surface area contributed by atoms with E-state index in [-0.39, 0.29) is 30.6 Å². The highest BCUT2D eigenvalue weighted by Crippen LogP contribution is 2.41. The summed E-state index contributed by atoms with van der Waals surface area (Å²) in [6.45, 7) is 0. The number of alkyl halides is 3. The molecular formula is C15H20F4N2. The third-order valence-corrected chi connectivity index (χ3v) is 4.33. The SMILES string of the molecule is NNC(Cc1ccc(F)cc1)C1CCCC(C(F)(F)F)C1. The number of nitrogens with two attached hydrogens (primary N) is 1. The maximum Gasteiger partial charge on any atom is 0.391 e. The van der Waals surface area contributed by atoms with Gasteiger partial charge in [0, 0.05) is 6.04 Å².